The van der Waals surface area contributed by atoms with E-state index < -0.39 is 21.5 Å². The van der Waals surface area contributed by atoms with Crippen molar-refractivity contribution in [2.45, 2.75) is 4.21 Å². The Morgan fingerprint density at radius 3 is 2.53 bits per heavy atom. The standard InChI is InChI=1S/C22H14F2N4O2S2/c1-32(29,30)20-7-6-19(31-20)22-15-8-12(2-5-18(15)25-11-26-22)16-10-27-28-21(16)14-4-3-13(23)9-17(14)24/h2-11H,1H3,(H,27,28). The van der Waals surface area contributed by atoms with E-state index in [1.54, 1.807) is 24.4 Å². The molecule has 0 fully saturated rings. The van der Waals surface area contributed by atoms with Crippen LogP contribution in [-0.2, 0) is 9.84 Å². The third-order valence-electron chi connectivity index (χ3n) is 4.95. The molecule has 0 bridgehead atoms. The first-order chi connectivity index (χ1) is 15.3. The predicted octanol–water partition coefficient (Wildman–Crippen LogP) is 5.10. The molecule has 0 aliphatic carbocycles. The molecular formula is C22H14F2N4O2S2. The summed E-state index contributed by atoms with van der Waals surface area (Å²) in [5, 5.41) is 7.61. The maximum absolute atomic E-state index is 14.4. The van der Waals surface area contributed by atoms with Gasteiger partial charge in [-0.3, -0.25) is 5.10 Å². The summed E-state index contributed by atoms with van der Waals surface area (Å²) >= 11 is 1.13. The predicted molar refractivity (Wildman–Crippen MR) is 119 cm³/mol. The molecule has 0 radical (unpaired) electrons. The number of nitrogens with one attached hydrogen (secondary N) is 1. The molecule has 3 heterocycles. The molecule has 0 amide bonds. The van der Waals surface area contributed by atoms with Crippen molar-refractivity contribution in [3.63, 3.8) is 0 Å². The van der Waals surface area contributed by atoms with E-state index >= 15 is 0 Å². The van der Waals surface area contributed by atoms with Gasteiger partial charge in [0.25, 0.3) is 0 Å². The molecule has 3 aromatic heterocycles. The topological polar surface area (TPSA) is 88.6 Å². The highest BCUT2D eigenvalue weighted by molar-refractivity contribution is 7.92. The molecule has 160 valence electrons. The van der Waals surface area contributed by atoms with E-state index in [-0.39, 0.29) is 9.77 Å². The third kappa shape index (κ3) is 3.57. The second-order valence-corrected chi connectivity index (χ2v) is 10.4. The molecule has 10 heteroatoms. The molecule has 5 aromatic rings. The molecule has 0 atom stereocenters. The molecule has 0 saturated carbocycles. The number of sulfone groups is 1. The Bertz CT molecular complexity index is 1590. The number of halogens is 2. The summed E-state index contributed by atoms with van der Waals surface area (Å²) in [6.07, 6.45) is 4.22. The number of fused-ring (bicyclic) bond motifs is 1. The molecule has 0 aliphatic heterocycles. The number of H-pyrrole nitrogens is 1. The largest absolute Gasteiger partial charge is 0.284 e. The Balaban J connectivity index is 1.66. The van der Waals surface area contributed by atoms with Crippen molar-refractivity contribution in [3.05, 3.63) is 72.7 Å². The van der Waals surface area contributed by atoms with Crippen molar-refractivity contribution < 1.29 is 17.2 Å². The Kier molecular flexibility index (Phi) is 4.83. The van der Waals surface area contributed by atoms with Gasteiger partial charge in [-0.15, -0.1) is 11.3 Å². The van der Waals surface area contributed by atoms with Crippen LogP contribution in [0, 0.1) is 11.6 Å². The summed E-state index contributed by atoms with van der Waals surface area (Å²) in [6.45, 7) is 0. The van der Waals surface area contributed by atoms with Crippen LogP contribution in [0.1, 0.15) is 0 Å². The lowest BCUT2D eigenvalue weighted by Gasteiger charge is -2.08. The van der Waals surface area contributed by atoms with E-state index in [0.29, 0.717) is 32.7 Å². The number of aromatic nitrogens is 4. The quantitative estimate of drug-likeness (QED) is 0.397. The van der Waals surface area contributed by atoms with Gasteiger partial charge >= 0.3 is 0 Å². The van der Waals surface area contributed by atoms with E-state index in [1.165, 1.54) is 18.5 Å². The maximum atomic E-state index is 14.4. The van der Waals surface area contributed by atoms with Crippen LogP contribution >= 0.6 is 11.3 Å². The molecule has 0 aliphatic rings. The number of benzene rings is 2. The van der Waals surface area contributed by atoms with E-state index in [9.17, 15) is 17.2 Å². The van der Waals surface area contributed by atoms with Crippen molar-refractivity contribution in [1.82, 2.24) is 20.2 Å². The van der Waals surface area contributed by atoms with Gasteiger partial charge in [0.1, 0.15) is 27.9 Å². The second-order valence-electron chi connectivity index (χ2n) is 7.12. The van der Waals surface area contributed by atoms with Gasteiger partial charge in [-0.2, -0.15) is 5.10 Å². The SMILES string of the molecule is CS(=O)(=O)c1ccc(-c2ncnc3ccc(-c4c[nH]nc4-c4ccc(F)cc4F)cc23)s1. The first-order valence-electron chi connectivity index (χ1n) is 9.36. The van der Waals surface area contributed by atoms with E-state index in [0.717, 1.165) is 29.2 Å². The van der Waals surface area contributed by atoms with Gasteiger partial charge in [0.2, 0.25) is 0 Å². The van der Waals surface area contributed by atoms with Gasteiger partial charge in [0.05, 0.1) is 16.1 Å². The summed E-state index contributed by atoms with van der Waals surface area (Å²) < 4.78 is 51.8. The average molecular weight is 469 g/mol. The Hall–Kier alpha value is -3.50. The highest BCUT2D eigenvalue weighted by Crippen LogP contribution is 2.37. The number of hydrogen-bond donors (Lipinski definition) is 1. The van der Waals surface area contributed by atoms with Crippen molar-refractivity contribution in [1.29, 1.82) is 0 Å². The van der Waals surface area contributed by atoms with Crippen LogP contribution in [0.2, 0.25) is 0 Å². The Morgan fingerprint density at radius 2 is 1.78 bits per heavy atom. The number of thiophene rings is 1. The molecule has 0 saturated heterocycles. The molecular weight excluding hydrogens is 454 g/mol. The van der Waals surface area contributed by atoms with Crippen LogP contribution < -0.4 is 0 Å². The van der Waals surface area contributed by atoms with Crippen molar-refractivity contribution >= 4 is 32.1 Å². The van der Waals surface area contributed by atoms with Crippen LogP contribution in [0.5, 0.6) is 0 Å². The molecule has 0 spiro atoms. The van der Waals surface area contributed by atoms with Crippen LogP contribution in [-0.4, -0.2) is 34.8 Å². The van der Waals surface area contributed by atoms with E-state index in [4.69, 9.17) is 0 Å². The van der Waals surface area contributed by atoms with Gasteiger partial charge in [0.15, 0.2) is 9.84 Å². The Morgan fingerprint density at radius 1 is 0.938 bits per heavy atom. The van der Waals surface area contributed by atoms with Gasteiger partial charge in [-0.1, -0.05) is 6.07 Å². The zero-order valence-electron chi connectivity index (χ0n) is 16.5. The van der Waals surface area contributed by atoms with Crippen LogP contribution in [0.25, 0.3) is 43.9 Å². The number of aromatic amines is 1. The monoisotopic (exact) mass is 468 g/mol. The summed E-state index contributed by atoms with van der Waals surface area (Å²) in [4.78, 5) is 9.37. The summed E-state index contributed by atoms with van der Waals surface area (Å²) in [5.74, 6) is -1.38. The van der Waals surface area contributed by atoms with Gasteiger partial charge in [-0.25, -0.2) is 27.2 Å². The average Bonchev–Trinajstić information content (AvgIpc) is 3.43. The number of hydrogen-bond acceptors (Lipinski definition) is 6. The van der Waals surface area contributed by atoms with Gasteiger partial charge in [0, 0.05) is 35.0 Å². The highest BCUT2D eigenvalue weighted by atomic mass is 32.2. The zero-order valence-corrected chi connectivity index (χ0v) is 18.1. The van der Waals surface area contributed by atoms with Crippen molar-refractivity contribution in [2.24, 2.45) is 0 Å². The van der Waals surface area contributed by atoms with Gasteiger partial charge in [-0.05, 0) is 42.0 Å². The fourth-order valence-electron chi connectivity index (χ4n) is 3.46. The van der Waals surface area contributed by atoms with Crippen molar-refractivity contribution in [2.75, 3.05) is 6.26 Å². The lowest BCUT2D eigenvalue weighted by molar-refractivity contribution is 0.585. The fraction of sp³-hybridized carbons (Fsp3) is 0.0455. The molecule has 6 nitrogen and oxygen atoms in total. The third-order valence-corrected chi connectivity index (χ3v) is 7.86. The lowest BCUT2D eigenvalue weighted by Crippen LogP contribution is -1.92. The Labute approximate surface area is 185 Å². The minimum Gasteiger partial charge on any atom is -0.284 e. The fourth-order valence-corrected chi connectivity index (χ4v) is 5.40. The van der Waals surface area contributed by atoms with Crippen LogP contribution in [0.15, 0.2) is 65.3 Å². The summed E-state index contributed by atoms with van der Waals surface area (Å²) in [6, 6.07) is 12.1. The van der Waals surface area contributed by atoms with E-state index in [2.05, 4.69) is 20.2 Å². The number of rotatable bonds is 4. The maximum Gasteiger partial charge on any atom is 0.184 e. The van der Waals surface area contributed by atoms with Gasteiger partial charge < -0.3 is 0 Å². The molecule has 32 heavy (non-hydrogen) atoms. The highest BCUT2D eigenvalue weighted by Gasteiger charge is 2.18. The zero-order chi connectivity index (χ0) is 22.5. The smallest absolute Gasteiger partial charge is 0.184 e. The molecule has 2 aromatic carbocycles. The minimum atomic E-state index is -3.33. The molecule has 1 N–H and O–H groups in total. The summed E-state index contributed by atoms with van der Waals surface area (Å²) in [7, 11) is -3.33. The summed E-state index contributed by atoms with van der Waals surface area (Å²) in [5.41, 5.74) is 3.12. The second kappa shape index (κ2) is 7.57. The van der Waals surface area contributed by atoms with Crippen molar-refractivity contribution in [3.8, 4) is 33.0 Å². The first-order valence-corrected chi connectivity index (χ1v) is 12.1. The molecule has 0 unspecified atom stereocenters. The van der Waals surface area contributed by atoms with E-state index in [1.807, 2.05) is 12.1 Å². The normalized spacial score (nSPS) is 11.8. The lowest BCUT2D eigenvalue weighted by atomic mass is 9.99. The number of nitrogens with zero attached hydrogens (tertiary/aromatic N) is 3. The minimum absolute atomic E-state index is 0.170. The first kappa shape index (κ1) is 20.4. The van der Waals surface area contributed by atoms with Crippen LogP contribution in [0.3, 0.4) is 0 Å². The molecule has 5 rings (SSSR count). The van der Waals surface area contributed by atoms with Crippen LogP contribution in [0.4, 0.5) is 8.78 Å².